The van der Waals surface area contributed by atoms with Crippen LogP contribution >= 0.6 is 0 Å². The lowest BCUT2D eigenvalue weighted by Crippen LogP contribution is -2.45. The number of nitrogens with zero attached hydrogens (tertiary/aromatic N) is 3. The van der Waals surface area contributed by atoms with Gasteiger partial charge in [0.1, 0.15) is 0 Å². The van der Waals surface area contributed by atoms with E-state index in [0.29, 0.717) is 24.7 Å². The Balaban J connectivity index is 2.76. The van der Waals surface area contributed by atoms with Gasteiger partial charge in [-0.3, -0.25) is 14.3 Å². The summed E-state index contributed by atoms with van der Waals surface area (Å²) in [7, 11) is 1.75. The average molecular weight is 294 g/mol. The Morgan fingerprint density at radius 3 is 2.43 bits per heavy atom. The number of nitrogens with one attached hydrogen (secondary N) is 1. The van der Waals surface area contributed by atoms with Gasteiger partial charge in [0.2, 0.25) is 0 Å². The first-order valence-corrected chi connectivity index (χ1v) is 7.17. The molecular formula is C15H26N4O2. The number of aromatic nitrogens is 2. The lowest BCUT2D eigenvalue weighted by atomic mass is 9.95. The maximum absolute atomic E-state index is 12.4. The molecule has 0 atom stereocenters. The Kier molecular flexibility index (Phi) is 5.52. The fourth-order valence-electron chi connectivity index (χ4n) is 2.05. The molecule has 0 spiro atoms. The summed E-state index contributed by atoms with van der Waals surface area (Å²) in [6.07, 6.45) is 3.17. The summed E-state index contributed by atoms with van der Waals surface area (Å²) in [6.45, 7) is 11.3. The van der Waals surface area contributed by atoms with Crippen LogP contribution in [0.25, 0.3) is 0 Å². The quantitative estimate of drug-likeness (QED) is 0.862. The van der Waals surface area contributed by atoms with Gasteiger partial charge >= 0.3 is 11.8 Å². The first kappa shape index (κ1) is 17.2. The Morgan fingerprint density at radius 2 is 2.00 bits per heavy atom. The third-order valence-corrected chi connectivity index (χ3v) is 2.69. The van der Waals surface area contributed by atoms with Gasteiger partial charge in [0.05, 0.1) is 11.9 Å². The largest absolute Gasteiger partial charge is 0.334 e. The van der Waals surface area contributed by atoms with Gasteiger partial charge in [0, 0.05) is 26.3 Å². The van der Waals surface area contributed by atoms with Crippen molar-refractivity contribution in [2.75, 3.05) is 18.4 Å². The highest BCUT2D eigenvalue weighted by molar-refractivity contribution is 6.39. The molecule has 0 bridgehead atoms. The molecule has 6 nitrogen and oxygen atoms in total. The summed E-state index contributed by atoms with van der Waals surface area (Å²) in [5.74, 6) is -0.808. The maximum Gasteiger partial charge on any atom is 0.313 e. The van der Waals surface area contributed by atoms with Crippen LogP contribution in [0, 0.1) is 11.3 Å². The van der Waals surface area contributed by atoms with Crippen molar-refractivity contribution in [2.45, 2.75) is 34.6 Å². The van der Waals surface area contributed by atoms with Gasteiger partial charge in [-0.25, -0.2) is 0 Å². The van der Waals surface area contributed by atoms with E-state index in [9.17, 15) is 9.59 Å². The highest BCUT2D eigenvalue weighted by atomic mass is 16.2. The van der Waals surface area contributed by atoms with Gasteiger partial charge < -0.3 is 10.2 Å². The second-order valence-corrected chi connectivity index (χ2v) is 7.00. The number of rotatable bonds is 4. The van der Waals surface area contributed by atoms with Crippen molar-refractivity contribution in [2.24, 2.45) is 18.4 Å². The maximum atomic E-state index is 12.4. The Bertz CT molecular complexity index is 500. The van der Waals surface area contributed by atoms with Crippen molar-refractivity contribution in [1.82, 2.24) is 14.7 Å². The van der Waals surface area contributed by atoms with Gasteiger partial charge in [-0.15, -0.1) is 0 Å². The number of hydrogen-bond acceptors (Lipinski definition) is 3. The molecule has 0 saturated carbocycles. The topological polar surface area (TPSA) is 67.2 Å². The van der Waals surface area contributed by atoms with E-state index in [1.54, 1.807) is 22.8 Å². The molecule has 1 aromatic heterocycles. The van der Waals surface area contributed by atoms with Crippen LogP contribution in [0.2, 0.25) is 0 Å². The van der Waals surface area contributed by atoms with E-state index in [-0.39, 0.29) is 5.41 Å². The zero-order valence-corrected chi connectivity index (χ0v) is 13.8. The summed E-state index contributed by atoms with van der Waals surface area (Å²) in [6, 6.07) is 0. The lowest BCUT2D eigenvalue weighted by Gasteiger charge is -2.30. The first-order chi connectivity index (χ1) is 9.58. The molecule has 0 fully saturated rings. The first-order valence-electron chi connectivity index (χ1n) is 7.17. The molecular weight excluding hydrogens is 268 g/mol. The highest BCUT2D eigenvalue weighted by Gasteiger charge is 2.26. The van der Waals surface area contributed by atoms with E-state index in [0.717, 1.165) is 0 Å². The van der Waals surface area contributed by atoms with Gasteiger partial charge in [-0.05, 0) is 11.3 Å². The fourth-order valence-corrected chi connectivity index (χ4v) is 2.05. The van der Waals surface area contributed by atoms with Crippen LogP contribution in [0.1, 0.15) is 34.6 Å². The fraction of sp³-hybridized carbons (Fsp3) is 0.667. The van der Waals surface area contributed by atoms with E-state index in [1.807, 2.05) is 34.6 Å². The van der Waals surface area contributed by atoms with Crippen molar-refractivity contribution < 1.29 is 9.59 Å². The van der Waals surface area contributed by atoms with Gasteiger partial charge in [-0.1, -0.05) is 34.6 Å². The molecule has 0 aliphatic heterocycles. The molecule has 2 amide bonds. The molecule has 118 valence electrons. The van der Waals surface area contributed by atoms with Crippen LogP contribution in [0.4, 0.5) is 5.69 Å². The molecule has 0 aromatic carbocycles. The van der Waals surface area contributed by atoms with Gasteiger partial charge in [-0.2, -0.15) is 5.10 Å². The standard InChI is InChI=1S/C15H26N4O2/c1-11(2)8-19(10-15(3,4)5)14(21)13(20)17-12-7-16-18(6)9-12/h7,9,11H,8,10H2,1-6H3,(H,17,20). The molecule has 6 heteroatoms. The highest BCUT2D eigenvalue weighted by Crippen LogP contribution is 2.17. The number of anilines is 1. The summed E-state index contributed by atoms with van der Waals surface area (Å²) < 4.78 is 1.57. The lowest BCUT2D eigenvalue weighted by molar-refractivity contribution is -0.144. The minimum atomic E-state index is -0.618. The van der Waals surface area contributed by atoms with E-state index < -0.39 is 11.8 Å². The molecule has 0 saturated heterocycles. The van der Waals surface area contributed by atoms with Crippen molar-refractivity contribution in [3.63, 3.8) is 0 Å². The molecule has 0 unspecified atom stereocenters. The molecule has 1 heterocycles. The number of carbonyl (C=O) groups excluding carboxylic acids is 2. The number of hydrogen-bond donors (Lipinski definition) is 1. The molecule has 0 aliphatic rings. The predicted molar refractivity (Wildman–Crippen MR) is 82.7 cm³/mol. The van der Waals surface area contributed by atoms with Crippen molar-refractivity contribution in [3.05, 3.63) is 12.4 Å². The summed E-state index contributed by atoms with van der Waals surface area (Å²) in [5.41, 5.74) is 0.468. The summed E-state index contributed by atoms with van der Waals surface area (Å²) >= 11 is 0. The Morgan fingerprint density at radius 1 is 1.38 bits per heavy atom. The smallest absolute Gasteiger partial charge is 0.313 e. The zero-order chi connectivity index (χ0) is 16.2. The molecule has 0 aliphatic carbocycles. The third kappa shape index (κ3) is 5.97. The van der Waals surface area contributed by atoms with E-state index in [2.05, 4.69) is 10.4 Å². The van der Waals surface area contributed by atoms with Crippen molar-refractivity contribution >= 4 is 17.5 Å². The molecule has 0 radical (unpaired) electrons. The number of carbonyl (C=O) groups is 2. The minimum absolute atomic E-state index is 0.0564. The molecule has 21 heavy (non-hydrogen) atoms. The van der Waals surface area contributed by atoms with Crippen LogP contribution in [-0.2, 0) is 16.6 Å². The van der Waals surface area contributed by atoms with E-state index in [4.69, 9.17) is 0 Å². The van der Waals surface area contributed by atoms with Crippen molar-refractivity contribution in [1.29, 1.82) is 0 Å². The van der Waals surface area contributed by atoms with Crippen LogP contribution in [0.3, 0.4) is 0 Å². The summed E-state index contributed by atoms with van der Waals surface area (Å²) in [4.78, 5) is 26.1. The van der Waals surface area contributed by atoms with Crippen LogP contribution in [0.15, 0.2) is 12.4 Å². The molecule has 1 aromatic rings. The minimum Gasteiger partial charge on any atom is -0.334 e. The SMILES string of the molecule is CC(C)CN(CC(C)(C)C)C(=O)C(=O)Nc1cnn(C)c1. The third-order valence-electron chi connectivity index (χ3n) is 2.69. The van der Waals surface area contributed by atoms with Crippen LogP contribution in [-0.4, -0.2) is 39.6 Å². The number of amides is 2. The Labute approximate surface area is 126 Å². The van der Waals surface area contributed by atoms with Gasteiger partial charge in [0.15, 0.2) is 0 Å². The average Bonchev–Trinajstić information content (AvgIpc) is 2.70. The van der Waals surface area contributed by atoms with Crippen molar-refractivity contribution in [3.8, 4) is 0 Å². The molecule has 1 N–H and O–H groups in total. The monoisotopic (exact) mass is 294 g/mol. The zero-order valence-electron chi connectivity index (χ0n) is 13.8. The summed E-state index contributed by atoms with van der Waals surface area (Å²) in [5, 5.41) is 6.55. The number of aryl methyl sites for hydroxylation is 1. The molecule has 1 rings (SSSR count). The second-order valence-electron chi connectivity index (χ2n) is 7.00. The van der Waals surface area contributed by atoms with Crippen LogP contribution in [0.5, 0.6) is 0 Å². The second kappa shape index (κ2) is 6.74. The Hall–Kier alpha value is -1.85. The van der Waals surface area contributed by atoms with E-state index >= 15 is 0 Å². The normalized spacial score (nSPS) is 11.6. The van der Waals surface area contributed by atoms with Crippen LogP contribution < -0.4 is 5.32 Å². The van der Waals surface area contributed by atoms with E-state index in [1.165, 1.54) is 6.20 Å². The van der Waals surface area contributed by atoms with Gasteiger partial charge in [0.25, 0.3) is 0 Å². The predicted octanol–water partition coefficient (Wildman–Crippen LogP) is 1.89.